The second-order valence-electron chi connectivity index (χ2n) is 3.69. The normalized spacial score (nSPS) is 11.0. The first kappa shape index (κ1) is 12.3. The highest BCUT2D eigenvalue weighted by atomic mass is 32.2. The molecule has 0 aliphatic rings. The molecule has 0 saturated carbocycles. The summed E-state index contributed by atoms with van der Waals surface area (Å²) in [4.78, 5) is 1.13. The summed E-state index contributed by atoms with van der Waals surface area (Å²) >= 11 is 1.76. The van der Waals surface area contributed by atoms with Crippen molar-refractivity contribution in [2.45, 2.75) is 18.2 Å². The summed E-state index contributed by atoms with van der Waals surface area (Å²) in [5.74, 6) is 1.91. The van der Waals surface area contributed by atoms with Crippen molar-refractivity contribution in [2.24, 2.45) is 5.73 Å². The van der Waals surface area contributed by atoms with E-state index in [-0.39, 0.29) is 0 Å². The van der Waals surface area contributed by atoms with E-state index < -0.39 is 0 Å². The van der Waals surface area contributed by atoms with E-state index in [4.69, 9.17) is 14.9 Å². The van der Waals surface area contributed by atoms with Gasteiger partial charge in [0.15, 0.2) is 0 Å². The van der Waals surface area contributed by atoms with E-state index in [0.29, 0.717) is 6.54 Å². The van der Waals surface area contributed by atoms with Gasteiger partial charge in [-0.15, -0.1) is 11.8 Å². The SMILES string of the molecule is CCSc1cc(OC)c(CCN)c2ccoc12. The lowest BCUT2D eigenvalue weighted by Crippen LogP contribution is -2.05. The molecule has 2 aromatic rings. The van der Waals surface area contributed by atoms with Crippen LogP contribution in [0.15, 0.2) is 27.7 Å². The van der Waals surface area contributed by atoms with Gasteiger partial charge in [0.2, 0.25) is 0 Å². The number of ether oxygens (including phenoxy) is 1. The van der Waals surface area contributed by atoms with Gasteiger partial charge in [-0.3, -0.25) is 0 Å². The maximum absolute atomic E-state index is 5.65. The lowest BCUT2D eigenvalue weighted by molar-refractivity contribution is 0.409. The molecule has 0 spiro atoms. The van der Waals surface area contributed by atoms with Gasteiger partial charge in [0.05, 0.1) is 18.3 Å². The Balaban J connectivity index is 2.63. The van der Waals surface area contributed by atoms with Crippen LogP contribution in [0.1, 0.15) is 12.5 Å². The number of furan rings is 1. The largest absolute Gasteiger partial charge is 0.496 e. The third-order valence-corrected chi connectivity index (χ3v) is 3.59. The Morgan fingerprint density at radius 3 is 2.94 bits per heavy atom. The molecule has 0 saturated heterocycles. The molecule has 0 aliphatic carbocycles. The summed E-state index contributed by atoms with van der Waals surface area (Å²) in [6, 6.07) is 4.04. The van der Waals surface area contributed by atoms with Gasteiger partial charge in [-0.2, -0.15) is 0 Å². The lowest BCUT2D eigenvalue weighted by Gasteiger charge is -2.11. The molecule has 4 heteroatoms. The van der Waals surface area contributed by atoms with E-state index in [1.54, 1.807) is 25.1 Å². The van der Waals surface area contributed by atoms with Crippen molar-refractivity contribution < 1.29 is 9.15 Å². The van der Waals surface area contributed by atoms with Crippen LogP contribution in [0.5, 0.6) is 5.75 Å². The number of fused-ring (bicyclic) bond motifs is 1. The molecule has 0 bridgehead atoms. The van der Waals surface area contributed by atoms with E-state index in [1.807, 2.05) is 12.1 Å². The number of hydrogen-bond acceptors (Lipinski definition) is 4. The summed E-state index contributed by atoms with van der Waals surface area (Å²) in [6.45, 7) is 2.73. The minimum absolute atomic E-state index is 0.608. The van der Waals surface area contributed by atoms with Crippen LogP contribution in [0.2, 0.25) is 0 Å². The first-order valence-corrected chi connectivity index (χ1v) is 6.70. The number of rotatable bonds is 5. The summed E-state index contributed by atoms with van der Waals surface area (Å²) in [6.07, 6.45) is 2.53. The molecule has 1 aromatic carbocycles. The second kappa shape index (κ2) is 5.47. The van der Waals surface area contributed by atoms with Crippen molar-refractivity contribution in [3.8, 4) is 5.75 Å². The van der Waals surface area contributed by atoms with Crippen LogP contribution < -0.4 is 10.5 Å². The second-order valence-corrected chi connectivity index (χ2v) is 5.00. The summed E-state index contributed by atoms with van der Waals surface area (Å²) in [5.41, 5.74) is 7.73. The number of methoxy groups -OCH3 is 1. The maximum Gasteiger partial charge on any atom is 0.147 e. The van der Waals surface area contributed by atoms with Gasteiger partial charge in [-0.25, -0.2) is 0 Å². The van der Waals surface area contributed by atoms with Gasteiger partial charge >= 0.3 is 0 Å². The van der Waals surface area contributed by atoms with Gasteiger partial charge in [-0.1, -0.05) is 6.92 Å². The van der Waals surface area contributed by atoms with Gasteiger partial charge in [0.1, 0.15) is 11.3 Å². The van der Waals surface area contributed by atoms with Crippen LogP contribution in [0.4, 0.5) is 0 Å². The standard InChI is InChI=1S/C13H17NO2S/c1-3-17-12-8-11(15-2)9(4-6-14)10-5-7-16-13(10)12/h5,7-8H,3-4,6,14H2,1-2H3. The zero-order chi connectivity index (χ0) is 12.3. The monoisotopic (exact) mass is 251 g/mol. The third-order valence-electron chi connectivity index (χ3n) is 2.69. The zero-order valence-corrected chi connectivity index (χ0v) is 11.0. The Hall–Kier alpha value is -1.13. The van der Waals surface area contributed by atoms with Gasteiger partial charge in [0.25, 0.3) is 0 Å². The predicted molar refractivity (Wildman–Crippen MR) is 71.9 cm³/mol. The van der Waals surface area contributed by atoms with E-state index in [2.05, 4.69) is 6.92 Å². The van der Waals surface area contributed by atoms with Crippen molar-refractivity contribution in [3.63, 3.8) is 0 Å². The van der Waals surface area contributed by atoms with Crippen LogP contribution in [0.25, 0.3) is 11.0 Å². The molecule has 0 aliphatic heterocycles. The van der Waals surface area contributed by atoms with E-state index in [0.717, 1.165) is 39.4 Å². The smallest absolute Gasteiger partial charge is 0.147 e. The highest BCUT2D eigenvalue weighted by Gasteiger charge is 2.14. The third kappa shape index (κ3) is 2.28. The maximum atomic E-state index is 5.65. The van der Waals surface area contributed by atoms with E-state index in [9.17, 15) is 0 Å². The van der Waals surface area contributed by atoms with Crippen molar-refractivity contribution in [2.75, 3.05) is 19.4 Å². The Bertz CT molecular complexity index is 507. The predicted octanol–water partition coefficient (Wildman–Crippen LogP) is 3.05. The molecule has 0 unspecified atom stereocenters. The molecule has 1 aromatic heterocycles. The van der Waals surface area contributed by atoms with Crippen LogP contribution in [-0.2, 0) is 6.42 Å². The Morgan fingerprint density at radius 1 is 1.47 bits per heavy atom. The van der Waals surface area contributed by atoms with Crippen LogP contribution in [-0.4, -0.2) is 19.4 Å². The molecule has 2 N–H and O–H groups in total. The highest BCUT2D eigenvalue weighted by Crippen LogP contribution is 2.37. The molecule has 17 heavy (non-hydrogen) atoms. The summed E-state index contributed by atoms with van der Waals surface area (Å²) in [5, 5.41) is 1.12. The molecule has 92 valence electrons. The minimum atomic E-state index is 0.608. The Labute approximate surface area is 105 Å². The topological polar surface area (TPSA) is 48.4 Å². The first-order valence-electron chi connectivity index (χ1n) is 5.71. The van der Waals surface area contributed by atoms with Gasteiger partial charge < -0.3 is 14.9 Å². The number of benzene rings is 1. The van der Waals surface area contributed by atoms with Crippen LogP contribution in [0.3, 0.4) is 0 Å². The van der Waals surface area contributed by atoms with Crippen molar-refractivity contribution in [3.05, 3.63) is 24.0 Å². The summed E-state index contributed by atoms with van der Waals surface area (Å²) < 4.78 is 11.0. The Morgan fingerprint density at radius 2 is 2.29 bits per heavy atom. The molecule has 0 atom stereocenters. The number of hydrogen-bond donors (Lipinski definition) is 1. The van der Waals surface area contributed by atoms with Gasteiger partial charge in [-0.05, 0) is 30.9 Å². The molecule has 0 fully saturated rings. The minimum Gasteiger partial charge on any atom is -0.496 e. The van der Waals surface area contributed by atoms with Crippen molar-refractivity contribution in [1.29, 1.82) is 0 Å². The average molecular weight is 251 g/mol. The molecule has 3 nitrogen and oxygen atoms in total. The number of thioether (sulfide) groups is 1. The van der Waals surface area contributed by atoms with Crippen LogP contribution >= 0.6 is 11.8 Å². The number of nitrogens with two attached hydrogens (primary N) is 1. The fraction of sp³-hybridized carbons (Fsp3) is 0.385. The first-order chi connectivity index (χ1) is 8.31. The fourth-order valence-corrected chi connectivity index (χ4v) is 2.78. The zero-order valence-electron chi connectivity index (χ0n) is 10.2. The molecule has 1 heterocycles. The highest BCUT2D eigenvalue weighted by molar-refractivity contribution is 7.99. The molecular weight excluding hydrogens is 234 g/mol. The molecule has 0 radical (unpaired) electrons. The molecule has 2 rings (SSSR count). The van der Waals surface area contributed by atoms with Crippen molar-refractivity contribution >= 4 is 22.7 Å². The quantitative estimate of drug-likeness (QED) is 0.830. The summed E-state index contributed by atoms with van der Waals surface area (Å²) in [7, 11) is 1.70. The van der Waals surface area contributed by atoms with E-state index >= 15 is 0 Å². The fourth-order valence-electron chi connectivity index (χ4n) is 1.99. The lowest BCUT2D eigenvalue weighted by atomic mass is 10.1. The molecule has 0 amide bonds. The average Bonchev–Trinajstić information content (AvgIpc) is 2.81. The van der Waals surface area contributed by atoms with E-state index in [1.165, 1.54) is 0 Å². The van der Waals surface area contributed by atoms with Gasteiger partial charge in [0, 0.05) is 10.9 Å². The van der Waals surface area contributed by atoms with Crippen molar-refractivity contribution in [1.82, 2.24) is 0 Å². The van der Waals surface area contributed by atoms with Crippen LogP contribution in [0, 0.1) is 0 Å². The molecular formula is C13H17NO2S. The Kier molecular flexibility index (Phi) is 3.97.